The molecule has 0 nitrogen and oxygen atoms in total. The van der Waals surface area contributed by atoms with Crippen LogP contribution in [0.1, 0.15) is 130 Å². The van der Waals surface area contributed by atoms with Crippen LogP contribution in [-0.4, -0.2) is 3.21 Å². The van der Waals surface area contributed by atoms with Gasteiger partial charge in [-0.05, 0) is 74.5 Å². The minimum atomic E-state index is 0. The first kappa shape index (κ1) is 39.5. The predicted molar refractivity (Wildman–Crippen MR) is 213 cm³/mol. The molecule has 3 aliphatic carbocycles. The molecule has 0 unspecified atom stereocenters. The van der Waals surface area contributed by atoms with Gasteiger partial charge in [0, 0.05) is 0 Å². The molecular formula is C49H56ClZr-3. The second kappa shape index (κ2) is 15.0. The first-order chi connectivity index (χ1) is 23.5. The van der Waals surface area contributed by atoms with E-state index in [4.69, 9.17) is 0 Å². The van der Waals surface area contributed by atoms with Crippen LogP contribution in [0, 0.1) is 20.3 Å². The Morgan fingerprint density at radius 1 is 0.569 bits per heavy atom. The van der Waals surface area contributed by atoms with Crippen LogP contribution >= 0.6 is 0 Å². The molecule has 5 aromatic rings. The van der Waals surface area contributed by atoms with E-state index < -0.39 is 0 Å². The van der Waals surface area contributed by atoms with Crippen molar-refractivity contribution in [1.29, 1.82) is 0 Å². The van der Waals surface area contributed by atoms with Crippen molar-refractivity contribution in [3.05, 3.63) is 165 Å². The standard InChI is InChI=1S/C29H37.C15H14.C5H5.ClH.Zr/c1-26(2)9-11-28(5,6)24-16-20-18(14-22(24)26)13-19-15-23-25(17-21(19)20)29(7,8)12-10-27(23,3)4;1-12-3-7-14(8-4-12)11-15-9-5-13(2)6-10-15;1-2-4-5-3-1;;/h9,14-17H,10-13H2,1-8H3;3-10H,1-2H3;1-5H;1H;/q-1;;-1;;/p-1. The minimum Gasteiger partial charge on any atom is -1.00 e. The summed E-state index contributed by atoms with van der Waals surface area (Å²) >= 11 is 1.46. The van der Waals surface area contributed by atoms with Crippen LogP contribution in [0.3, 0.4) is 0 Å². The third-order valence-electron chi connectivity index (χ3n) is 11.8. The Bertz CT molecular complexity index is 1840. The van der Waals surface area contributed by atoms with Gasteiger partial charge in [-0.2, -0.15) is 24.6 Å². The summed E-state index contributed by atoms with van der Waals surface area (Å²) in [6.45, 7) is 23.6. The second-order valence-electron chi connectivity index (χ2n) is 17.6. The Kier molecular flexibility index (Phi) is 11.6. The maximum absolute atomic E-state index is 2.58. The molecular weight excluding hydrogens is 715 g/mol. The fraction of sp³-hybridized carbons (Fsp3) is 0.367. The number of aryl methyl sites for hydroxylation is 2. The van der Waals surface area contributed by atoms with Gasteiger partial charge in [0.05, 0.1) is 0 Å². The summed E-state index contributed by atoms with van der Waals surface area (Å²) in [5.41, 5.74) is 18.7. The topological polar surface area (TPSA) is 0 Å². The van der Waals surface area contributed by atoms with Crippen molar-refractivity contribution in [1.82, 2.24) is 0 Å². The number of rotatable bonds is 2. The first-order valence-corrected chi connectivity index (χ1v) is 19.8. The molecule has 0 N–H and O–H groups in total. The van der Waals surface area contributed by atoms with Gasteiger partial charge in [0.2, 0.25) is 0 Å². The van der Waals surface area contributed by atoms with E-state index in [1.807, 2.05) is 30.3 Å². The number of fused-ring (bicyclic) bond motifs is 5. The van der Waals surface area contributed by atoms with Crippen molar-refractivity contribution in [3.8, 4) is 11.1 Å². The Morgan fingerprint density at radius 2 is 0.980 bits per heavy atom. The molecule has 0 atom stereocenters. The molecule has 0 fully saturated rings. The molecule has 0 amide bonds. The van der Waals surface area contributed by atoms with E-state index >= 15 is 0 Å². The summed E-state index contributed by atoms with van der Waals surface area (Å²) in [4.78, 5) is 0. The average molecular weight is 772 g/mol. The van der Waals surface area contributed by atoms with E-state index in [9.17, 15) is 0 Å². The molecule has 0 aromatic heterocycles. The van der Waals surface area contributed by atoms with E-state index in [1.165, 1.54) is 79.2 Å². The van der Waals surface area contributed by atoms with Crippen LogP contribution in [0.15, 0.2) is 103 Å². The van der Waals surface area contributed by atoms with E-state index in [1.54, 1.807) is 27.8 Å². The number of halogens is 1. The molecule has 0 saturated carbocycles. The van der Waals surface area contributed by atoms with E-state index in [2.05, 4.69) is 148 Å². The monoisotopic (exact) mass is 769 g/mol. The second-order valence-corrected chi connectivity index (χ2v) is 18.9. The zero-order valence-electron chi connectivity index (χ0n) is 32.6. The van der Waals surface area contributed by atoms with Crippen molar-refractivity contribution in [2.75, 3.05) is 0 Å². The third-order valence-corrected chi connectivity index (χ3v) is 13.2. The summed E-state index contributed by atoms with van der Waals surface area (Å²) in [6.07, 6.45) is 7.35. The SMILES string of the molecule is CC1(C)[CH-]CC(C)(C)c2cc3c(cc21)Cc1cc2c(cc1-3)C(C)(C)CCC2(C)C.Cc1ccc([C](=[Zr])c2ccc(C)cc2)cc1.[Cl-].c1cc[cH-]c1. The normalized spacial score (nSPS) is 17.7. The minimum absolute atomic E-state index is 0. The van der Waals surface area contributed by atoms with Gasteiger partial charge < -0.3 is 18.8 Å². The molecule has 0 spiro atoms. The van der Waals surface area contributed by atoms with Crippen LogP contribution in [0.5, 0.6) is 0 Å². The van der Waals surface area contributed by atoms with Crippen molar-refractivity contribution < 1.29 is 36.6 Å². The first-order valence-electron chi connectivity index (χ1n) is 18.6. The summed E-state index contributed by atoms with van der Waals surface area (Å²) < 4.78 is 1.42. The quantitative estimate of drug-likeness (QED) is 0.154. The van der Waals surface area contributed by atoms with Crippen molar-refractivity contribution in [3.63, 3.8) is 0 Å². The molecule has 0 saturated heterocycles. The van der Waals surface area contributed by atoms with Crippen LogP contribution in [0.2, 0.25) is 0 Å². The van der Waals surface area contributed by atoms with E-state index in [-0.39, 0.29) is 34.1 Å². The fourth-order valence-corrected chi connectivity index (χ4v) is 8.87. The van der Waals surface area contributed by atoms with Crippen LogP contribution in [0.4, 0.5) is 0 Å². The van der Waals surface area contributed by atoms with Gasteiger partial charge in [-0.15, -0.1) is 5.41 Å². The number of hydrogen-bond donors (Lipinski definition) is 0. The number of hydrogen-bond acceptors (Lipinski definition) is 0. The fourth-order valence-electron chi connectivity index (χ4n) is 8.05. The molecule has 0 bridgehead atoms. The van der Waals surface area contributed by atoms with Gasteiger partial charge in [-0.1, -0.05) is 85.2 Å². The Labute approximate surface area is 330 Å². The largest absolute Gasteiger partial charge is 1.00 e. The third kappa shape index (κ3) is 8.27. The molecule has 3 aliphatic rings. The number of benzene rings is 4. The zero-order chi connectivity index (χ0) is 36.1. The van der Waals surface area contributed by atoms with Gasteiger partial charge in [-0.3, -0.25) is 0 Å². The molecule has 8 rings (SSSR count). The summed E-state index contributed by atoms with van der Waals surface area (Å²) in [7, 11) is 0. The van der Waals surface area contributed by atoms with Gasteiger partial charge in [0.1, 0.15) is 0 Å². The van der Waals surface area contributed by atoms with Gasteiger partial charge in [0.15, 0.2) is 0 Å². The van der Waals surface area contributed by atoms with Gasteiger partial charge >= 0.3 is 112 Å². The average Bonchev–Trinajstić information content (AvgIpc) is 3.77. The molecule has 0 radical (unpaired) electrons. The molecule has 5 aromatic carbocycles. The smallest absolute Gasteiger partial charge is 0.172 e. The maximum atomic E-state index is 2.58. The van der Waals surface area contributed by atoms with E-state index in [0.29, 0.717) is 0 Å². The molecule has 0 aliphatic heterocycles. The molecule has 2 heteroatoms. The maximum Gasteiger partial charge on any atom is -0.172 e. The summed E-state index contributed by atoms with van der Waals surface area (Å²) in [5.74, 6) is 0. The van der Waals surface area contributed by atoms with Crippen molar-refractivity contribution in [2.24, 2.45) is 0 Å². The van der Waals surface area contributed by atoms with Gasteiger partial charge in [-0.25, -0.2) is 12.1 Å². The summed E-state index contributed by atoms with van der Waals surface area (Å²) in [6, 6.07) is 37.8. The van der Waals surface area contributed by atoms with Gasteiger partial charge in [0.25, 0.3) is 0 Å². The molecule has 51 heavy (non-hydrogen) atoms. The van der Waals surface area contributed by atoms with Crippen molar-refractivity contribution >= 4 is 3.21 Å². The van der Waals surface area contributed by atoms with E-state index in [0.717, 1.165) is 12.8 Å². The molecule has 266 valence electrons. The van der Waals surface area contributed by atoms with Crippen LogP contribution < -0.4 is 12.4 Å². The zero-order valence-corrected chi connectivity index (χ0v) is 35.8. The Morgan fingerprint density at radius 3 is 1.41 bits per heavy atom. The van der Waals surface area contributed by atoms with Crippen molar-refractivity contribution in [2.45, 2.75) is 117 Å². The predicted octanol–water partition coefficient (Wildman–Crippen LogP) is 9.60. The van der Waals surface area contributed by atoms with Crippen LogP contribution in [-0.2, 0) is 52.3 Å². The Balaban J connectivity index is 0.000000192. The molecule has 0 heterocycles. The van der Waals surface area contributed by atoms with Crippen LogP contribution in [0.25, 0.3) is 11.1 Å². The Hall–Kier alpha value is -2.73. The summed E-state index contributed by atoms with van der Waals surface area (Å²) in [5, 5.41) is 0.